The van der Waals surface area contributed by atoms with Crippen LogP contribution in [0.1, 0.15) is 5.56 Å². The van der Waals surface area contributed by atoms with Crippen LogP contribution in [0.25, 0.3) is 0 Å². The molecule has 106 valence electrons. The van der Waals surface area contributed by atoms with Crippen molar-refractivity contribution in [3.8, 4) is 0 Å². The maximum atomic E-state index is 5.56. The average molecular weight is 402 g/mol. The molecule has 0 fully saturated rings. The summed E-state index contributed by atoms with van der Waals surface area (Å²) in [5.41, 5.74) is 3.63. The summed E-state index contributed by atoms with van der Waals surface area (Å²) in [5.74, 6) is 0. The zero-order valence-corrected chi connectivity index (χ0v) is 16.1. The van der Waals surface area contributed by atoms with Gasteiger partial charge < -0.3 is 4.90 Å². The molecule has 0 saturated carbocycles. The van der Waals surface area contributed by atoms with Crippen LogP contribution in [-0.2, 0) is 6.54 Å². The van der Waals surface area contributed by atoms with Gasteiger partial charge in [0.05, 0.1) is 11.4 Å². The molecule has 1 aliphatic heterocycles. The second-order valence-electron chi connectivity index (χ2n) is 4.35. The lowest BCUT2D eigenvalue weighted by atomic mass is 10.2. The predicted octanol–water partition coefficient (Wildman–Crippen LogP) is 7.19. The normalized spacial score (nSPS) is 13.0. The van der Waals surface area contributed by atoms with Gasteiger partial charge in [0.1, 0.15) is 16.1 Å². The number of anilines is 2. The van der Waals surface area contributed by atoms with Crippen molar-refractivity contribution in [3.63, 3.8) is 0 Å². The van der Waals surface area contributed by atoms with Gasteiger partial charge in [0.2, 0.25) is 0 Å². The van der Waals surface area contributed by atoms with Crippen molar-refractivity contribution in [2.75, 3.05) is 4.90 Å². The summed E-state index contributed by atoms with van der Waals surface area (Å²) in [6.45, 7) is 0.821. The fourth-order valence-electron chi connectivity index (χ4n) is 2.17. The first-order chi connectivity index (χ1) is 10.2. The highest BCUT2D eigenvalue weighted by Gasteiger charge is 2.29. The Hall–Kier alpha value is -0.0900. The van der Waals surface area contributed by atoms with E-state index >= 15 is 0 Å². The third-order valence-corrected chi connectivity index (χ3v) is 11.0. The quantitative estimate of drug-likeness (QED) is 0.330. The Morgan fingerprint density at radius 2 is 1.38 bits per heavy atom. The van der Waals surface area contributed by atoms with Crippen LogP contribution in [0.2, 0.25) is 0 Å². The minimum Gasteiger partial charge on any atom is -0.330 e. The molecule has 21 heavy (non-hydrogen) atoms. The van der Waals surface area contributed by atoms with Crippen LogP contribution in [0.4, 0.5) is 11.4 Å². The van der Waals surface area contributed by atoms with Crippen LogP contribution in [-0.4, -0.2) is 0 Å². The predicted molar refractivity (Wildman–Crippen MR) is 102 cm³/mol. The van der Waals surface area contributed by atoms with E-state index in [1.54, 1.807) is 41.4 Å². The Balaban J connectivity index is 1.88. The maximum absolute atomic E-state index is 5.56. The fourth-order valence-corrected chi connectivity index (χ4v) is 9.99. The van der Waals surface area contributed by atoms with Crippen molar-refractivity contribution in [3.05, 3.63) is 43.5 Å². The van der Waals surface area contributed by atoms with E-state index in [1.807, 2.05) is 17.8 Å². The van der Waals surface area contributed by atoms with Crippen molar-refractivity contribution < 1.29 is 0 Å². The molecule has 0 spiro atoms. The zero-order chi connectivity index (χ0) is 14.4. The van der Waals surface area contributed by atoms with E-state index < -0.39 is 0 Å². The Bertz CT molecular complexity index is 844. The smallest absolute Gasteiger partial charge is 0.126 e. The van der Waals surface area contributed by atoms with Gasteiger partial charge in [-0.3, -0.25) is 0 Å². The second-order valence-corrected chi connectivity index (χ2v) is 11.5. The minimum absolute atomic E-state index is 0.821. The molecule has 0 radical (unpaired) electrons. The largest absolute Gasteiger partial charge is 0.330 e. The Kier molecular flexibility index (Phi) is 4.03. The molecular formula is C13H7NS7. The molecule has 0 unspecified atom stereocenters. The number of hydrogen-bond acceptors (Lipinski definition) is 8. The van der Waals surface area contributed by atoms with Crippen molar-refractivity contribution in [2.45, 2.75) is 15.0 Å². The highest BCUT2D eigenvalue weighted by atomic mass is 32.9. The first-order valence-electron chi connectivity index (χ1n) is 5.99. The molecule has 8 heteroatoms. The third kappa shape index (κ3) is 2.56. The van der Waals surface area contributed by atoms with E-state index in [1.165, 1.54) is 25.4 Å². The molecule has 1 aromatic carbocycles. The third-order valence-electron chi connectivity index (χ3n) is 3.07. The highest BCUT2D eigenvalue weighted by Crippen LogP contribution is 2.56. The van der Waals surface area contributed by atoms with E-state index in [2.05, 4.69) is 29.2 Å². The van der Waals surface area contributed by atoms with Gasteiger partial charge in [-0.15, -0.1) is 0 Å². The molecule has 3 aromatic rings. The zero-order valence-electron chi connectivity index (χ0n) is 10.4. The molecule has 4 rings (SSSR count). The SMILES string of the molecule is S=c1ssc2c1N(Cc1ccccc1)c1c(ssc1=S)S2. The second kappa shape index (κ2) is 5.84. The molecular weight excluding hydrogens is 395 g/mol. The minimum atomic E-state index is 0.821. The number of benzene rings is 1. The van der Waals surface area contributed by atoms with Gasteiger partial charge in [0, 0.05) is 6.54 Å². The van der Waals surface area contributed by atoms with E-state index in [4.69, 9.17) is 24.4 Å². The summed E-state index contributed by atoms with van der Waals surface area (Å²) in [6, 6.07) is 10.5. The van der Waals surface area contributed by atoms with Gasteiger partial charge in [-0.1, -0.05) is 108 Å². The number of hydrogen-bond donors (Lipinski definition) is 0. The van der Waals surface area contributed by atoms with Crippen molar-refractivity contribution in [1.82, 2.24) is 0 Å². The molecule has 2 aromatic heterocycles. The number of nitrogens with zero attached hydrogens (tertiary/aromatic N) is 1. The molecule has 0 bridgehead atoms. The van der Waals surface area contributed by atoms with E-state index in [9.17, 15) is 0 Å². The van der Waals surface area contributed by atoms with Crippen LogP contribution >= 0.6 is 77.6 Å². The Labute approximate surface area is 151 Å². The molecule has 0 aliphatic carbocycles. The lowest BCUT2D eigenvalue weighted by molar-refractivity contribution is 0.955. The first kappa shape index (κ1) is 14.5. The monoisotopic (exact) mass is 401 g/mol. The van der Waals surface area contributed by atoms with Crippen molar-refractivity contribution in [2.24, 2.45) is 0 Å². The summed E-state index contributed by atoms with van der Waals surface area (Å²) in [6.07, 6.45) is 0. The van der Waals surface area contributed by atoms with Crippen LogP contribution in [0.15, 0.2) is 38.8 Å². The van der Waals surface area contributed by atoms with Gasteiger partial charge in [-0.2, -0.15) is 0 Å². The Morgan fingerprint density at radius 3 is 1.95 bits per heavy atom. The van der Waals surface area contributed by atoms with E-state index in [-0.39, 0.29) is 0 Å². The fraction of sp³-hybridized carbons (Fsp3) is 0.0769. The number of rotatable bonds is 2. The Morgan fingerprint density at radius 1 is 0.810 bits per heavy atom. The maximum Gasteiger partial charge on any atom is 0.126 e. The van der Waals surface area contributed by atoms with Gasteiger partial charge in [0.15, 0.2) is 0 Å². The van der Waals surface area contributed by atoms with Gasteiger partial charge >= 0.3 is 0 Å². The van der Waals surface area contributed by atoms with Crippen LogP contribution < -0.4 is 4.90 Å². The van der Waals surface area contributed by atoms with Gasteiger partial charge in [0.25, 0.3) is 0 Å². The van der Waals surface area contributed by atoms with E-state index in [0.29, 0.717) is 0 Å². The molecule has 1 aliphatic rings. The lowest BCUT2D eigenvalue weighted by Gasteiger charge is -2.27. The van der Waals surface area contributed by atoms with Crippen LogP contribution in [0.5, 0.6) is 0 Å². The van der Waals surface area contributed by atoms with E-state index in [0.717, 1.165) is 14.2 Å². The summed E-state index contributed by atoms with van der Waals surface area (Å²) >= 11 is 12.9. The average Bonchev–Trinajstić information content (AvgIpc) is 3.04. The standard InChI is InChI=1S/C13H7NS7/c15-10-8-12(20-18-10)17-13-9(11(16)19-21-13)14(8)6-7-4-2-1-3-5-7/h1-5H,6H2. The van der Waals surface area contributed by atoms with Crippen molar-refractivity contribution in [1.29, 1.82) is 0 Å². The van der Waals surface area contributed by atoms with Gasteiger partial charge in [-0.25, -0.2) is 0 Å². The lowest BCUT2D eigenvalue weighted by Crippen LogP contribution is -2.18. The summed E-state index contributed by atoms with van der Waals surface area (Å²) in [5, 5.41) is 0. The molecule has 0 saturated heterocycles. The van der Waals surface area contributed by atoms with Crippen LogP contribution in [0, 0.1) is 7.65 Å². The molecule has 0 N–H and O–H groups in total. The topological polar surface area (TPSA) is 3.24 Å². The molecule has 3 heterocycles. The summed E-state index contributed by atoms with van der Waals surface area (Å²) < 4.78 is 4.54. The van der Waals surface area contributed by atoms with Crippen molar-refractivity contribution >= 4 is 88.9 Å². The highest BCUT2D eigenvalue weighted by molar-refractivity contribution is 8.06. The summed E-state index contributed by atoms with van der Waals surface area (Å²) in [4.78, 5) is 2.32. The number of fused-ring (bicyclic) bond motifs is 2. The molecule has 1 nitrogen and oxygen atoms in total. The summed E-state index contributed by atoms with van der Waals surface area (Å²) in [7, 11) is 6.92. The molecule has 0 atom stereocenters. The first-order valence-corrected chi connectivity index (χ1v) is 11.9. The van der Waals surface area contributed by atoms with Gasteiger partial charge in [-0.05, 0) is 5.56 Å². The van der Waals surface area contributed by atoms with Crippen LogP contribution in [0.3, 0.4) is 0 Å². The molecule has 0 amide bonds.